The highest BCUT2D eigenvalue weighted by Crippen LogP contribution is 2.18. The van der Waals surface area contributed by atoms with E-state index in [-0.39, 0.29) is 30.4 Å². The summed E-state index contributed by atoms with van der Waals surface area (Å²) in [5.41, 5.74) is 2.83. The molecule has 0 bridgehead atoms. The van der Waals surface area contributed by atoms with Crippen LogP contribution in [0.4, 0.5) is 0 Å². The molecule has 1 heterocycles. The number of nitrogens with zero attached hydrogens (tertiary/aromatic N) is 3. The second-order valence-electron chi connectivity index (χ2n) is 8.73. The number of benzene rings is 2. The first-order valence-electron chi connectivity index (χ1n) is 11.6. The molecule has 3 rings (SSSR count). The molecule has 6 heteroatoms. The lowest BCUT2D eigenvalue weighted by Crippen LogP contribution is -2.43. The largest absolute Gasteiger partial charge is 0.353 e. The summed E-state index contributed by atoms with van der Waals surface area (Å²) in [6.07, 6.45) is 4.76. The summed E-state index contributed by atoms with van der Waals surface area (Å²) in [6.45, 7) is 8.97. The molecule has 0 aliphatic heterocycles. The van der Waals surface area contributed by atoms with Crippen molar-refractivity contribution in [3.05, 3.63) is 72.1 Å². The third-order valence-corrected chi connectivity index (χ3v) is 5.53. The van der Waals surface area contributed by atoms with Crippen molar-refractivity contribution in [3.63, 3.8) is 0 Å². The highest BCUT2D eigenvalue weighted by Gasteiger charge is 2.22. The number of para-hydroxylation sites is 2. The van der Waals surface area contributed by atoms with E-state index < -0.39 is 0 Å². The normalized spacial score (nSPS) is 11.6. The molecular formula is C27H34N4O2. The molecule has 0 aliphatic carbocycles. The van der Waals surface area contributed by atoms with Crippen molar-refractivity contribution >= 4 is 28.9 Å². The molecule has 2 amide bonds. The lowest BCUT2D eigenvalue weighted by Gasteiger charge is -2.31. The Kier molecular flexibility index (Phi) is 8.41. The van der Waals surface area contributed by atoms with Crippen LogP contribution in [0.5, 0.6) is 0 Å². The molecule has 0 atom stereocenters. The lowest BCUT2D eigenvalue weighted by atomic mass is 10.2. The molecule has 174 valence electrons. The number of hydrogen-bond acceptors (Lipinski definition) is 3. The number of carbonyl (C=O) groups excluding carboxylic acids is 2. The van der Waals surface area contributed by atoms with Crippen LogP contribution < -0.4 is 5.32 Å². The van der Waals surface area contributed by atoms with Gasteiger partial charge in [0.05, 0.1) is 11.0 Å². The quantitative estimate of drug-likeness (QED) is 0.370. The van der Waals surface area contributed by atoms with Crippen LogP contribution in [0.3, 0.4) is 0 Å². The van der Waals surface area contributed by atoms with Gasteiger partial charge in [0.2, 0.25) is 11.8 Å². The number of imidazole rings is 1. The molecule has 33 heavy (non-hydrogen) atoms. The number of rotatable bonds is 10. The zero-order valence-corrected chi connectivity index (χ0v) is 20.0. The van der Waals surface area contributed by atoms with E-state index >= 15 is 0 Å². The summed E-state index contributed by atoms with van der Waals surface area (Å²) >= 11 is 0. The van der Waals surface area contributed by atoms with Gasteiger partial charge in [-0.2, -0.15) is 0 Å². The molecule has 3 aromatic rings. The second kappa shape index (κ2) is 11.5. The van der Waals surface area contributed by atoms with Crippen LogP contribution in [0.2, 0.25) is 0 Å². The Balaban J connectivity index is 1.64. The number of carbonyl (C=O) groups is 2. The summed E-state index contributed by atoms with van der Waals surface area (Å²) < 4.78 is 2.02. The number of fused-ring (bicyclic) bond motifs is 1. The Hall–Kier alpha value is -3.41. The predicted molar refractivity (Wildman–Crippen MR) is 134 cm³/mol. The summed E-state index contributed by atoms with van der Waals surface area (Å²) in [5, 5.41) is 2.93. The number of hydrogen-bond donors (Lipinski definition) is 1. The van der Waals surface area contributed by atoms with E-state index in [0.717, 1.165) is 28.8 Å². The maximum Gasteiger partial charge on any atom is 0.243 e. The molecular weight excluding hydrogens is 412 g/mol. The Bertz CT molecular complexity index is 1090. The van der Waals surface area contributed by atoms with Crippen LogP contribution >= 0.6 is 0 Å². The average molecular weight is 447 g/mol. The third-order valence-electron chi connectivity index (χ3n) is 5.53. The van der Waals surface area contributed by atoms with Crippen LogP contribution in [-0.2, 0) is 22.6 Å². The minimum atomic E-state index is -0.118. The summed E-state index contributed by atoms with van der Waals surface area (Å²) in [6, 6.07) is 17.9. The van der Waals surface area contributed by atoms with E-state index in [1.54, 1.807) is 12.2 Å². The monoisotopic (exact) mass is 446 g/mol. The molecule has 0 aliphatic rings. The van der Waals surface area contributed by atoms with Gasteiger partial charge in [-0.05, 0) is 57.9 Å². The molecule has 0 saturated carbocycles. The molecule has 0 radical (unpaired) electrons. The van der Waals surface area contributed by atoms with Crippen LogP contribution in [0.15, 0.2) is 60.7 Å². The summed E-state index contributed by atoms with van der Waals surface area (Å²) in [7, 11) is 0. The number of aryl methyl sites for hydroxylation is 1. The minimum absolute atomic E-state index is 0.0868. The molecule has 0 spiro atoms. The highest BCUT2D eigenvalue weighted by atomic mass is 16.2. The van der Waals surface area contributed by atoms with E-state index in [4.69, 9.17) is 4.98 Å². The number of nitrogens with one attached hydrogen (secondary N) is 1. The average Bonchev–Trinajstić information content (AvgIpc) is 3.12. The topological polar surface area (TPSA) is 67.2 Å². The van der Waals surface area contributed by atoms with Crippen molar-refractivity contribution in [1.29, 1.82) is 0 Å². The molecule has 0 saturated heterocycles. The molecule has 2 aromatic carbocycles. The van der Waals surface area contributed by atoms with Gasteiger partial charge in [0.25, 0.3) is 0 Å². The Morgan fingerprint density at radius 1 is 1.00 bits per heavy atom. The fourth-order valence-electron chi connectivity index (χ4n) is 4.13. The van der Waals surface area contributed by atoms with E-state index in [1.807, 2.05) is 91.8 Å². The standard InChI is InChI=1S/C27H34N4O2/c1-20(2)31(21(3)4)27(33)19-30-24-14-9-8-13-23(24)29-25(30)15-10-18-28-26(32)17-16-22-11-6-5-7-12-22/h5-9,11-14,16-17,20-21H,10,15,18-19H2,1-4H3,(H,28,32)/b17-16-. The third kappa shape index (κ3) is 6.54. The van der Waals surface area contributed by atoms with Crippen LogP contribution in [0.25, 0.3) is 17.1 Å². The van der Waals surface area contributed by atoms with Crippen LogP contribution in [0.1, 0.15) is 45.5 Å². The van der Waals surface area contributed by atoms with Crippen LogP contribution in [-0.4, -0.2) is 44.9 Å². The summed E-state index contributed by atoms with van der Waals surface area (Å²) in [5.74, 6) is 0.835. The Morgan fingerprint density at radius 2 is 1.67 bits per heavy atom. The molecule has 1 aromatic heterocycles. The van der Waals surface area contributed by atoms with Gasteiger partial charge in [-0.3, -0.25) is 9.59 Å². The van der Waals surface area contributed by atoms with Crippen LogP contribution in [0, 0.1) is 0 Å². The van der Waals surface area contributed by atoms with Gasteiger partial charge in [0.15, 0.2) is 0 Å². The predicted octanol–water partition coefficient (Wildman–Crippen LogP) is 4.44. The smallest absolute Gasteiger partial charge is 0.243 e. The van der Waals surface area contributed by atoms with E-state index in [0.29, 0.717) is 13.0 Å². The first kappa shape index (κ1) is 24.2. The van der Waals surface area contributed by atoms with Crippen molar-refractivity contribution in [2.45, 2.75) is 59.2 Å². The van der Waals surface area contributed by atoms with Gasteiger partial charge >= 0.3 is 0 Å². The van der Waals surface area contributed by atoms with Crippen molar-refractivity contribution in [3.8, 4) is 0 Å². The molecule has 0 fully saturated rings. The van der Waals surface area contributed by atoms with Gasteiger partial charge in [-0.1, -0.05) is 42.5 Å². The van der Waals surface area contributed by atoms with Crippen molar-refractivity contribution < 1.29 is 9.59 Å². The van der Waals surface area contributed by atoms with E-state index in [1.165, 1.54) is 0 Å². The van der Waals surface area contributed by atoms with Crippen molar-refractivity contribution in [1.82, 2.24) is 19.8 Å². The Labute approximate surface area is 196 Å². The molecule has 1 N–H and O–H groups in total. The zero-order valence-electron chi connectivity index (χ0n) is 20.0. The SMILES string of the molecule is CC(C)N(C(=O)Cn1c(CCCNC(=O)/C=C\c2ccccc2)nc2ccccc21)C(C)C. The fourth-order valence-corrected chi connectivity index (χ4v) is 4.13. The first-order valence-corrected chi connectivity index (χ1v) is 11.6. The fraction of sp³-hybridized carbons (Fsp3) is 0.370. The van der Waals surface area contributed by atoms with Crippen molar-refractivity contribution in [2.75, 3.05) is 6.54 Å². The van der Waals surface area contributed by atoms with E-state index in [2.05, 4.69) is 5.32 Å². The lowest BCUT2D eigenvalue weighted by molar-refractivity contribution is -0.135. The number of amides is 2. The zero-order chi connectivity index (χ0) is 23.8. The van der Waals surface area contributed by atoms with Gasteiger partial charge in [-0.15, -0.1) is 0 Å². The maximum absolute atomic E-state index is 13.1. The van der Waals surface area contributed by atoms with Gasteiger partial charge in [-0.25, -0.2) is 4.98 Å². The first-order chi connectivity index (χ1) is 15.9. The minimum Gasteiger partial charge on any atom is -0.353 e. The Morgan fingerprint density at radius 3 is 2.36 bits per heavy atom. The number of aromatic nitrogens is 2. The van der Waals surface area contributed by atoms with E-state index in [9.17, 15) is 9.59 Å². The van der Waals surface area contributed by atoms with Gasteiger partial charge in [0, 0.05) is 31.1 Å². The van der Waals surface area contributed by atoms with Gasteiger partial charge in [0.1, 0.15) is 12.4 Å². The second-order valence-corrected chi connectivity index (χ2v) is 8.73. The van der Waals surface area contributed by atoms with Crippen molar-refractivity contribution in [2.24, 2.45) is 0 Å². The maximum atomic E-state index is 13.1. The molecule has 0 unspecified atom stereocenters. The van der Waals surface area contributed by atoms with Gasteiger partial charge < -0.3 is 14.8 Å². The highest BCUT2D eigenvalue weighted by molar-refractivity contribution is 5.91. The summed E-state index contributed by atoms with van der Waals surface area (Å²) in [4.78, 5) is 31.9. The molecule has 6 nitrogen and oxygen atoms in total.